The van der Waals surface area contributed by atoms with Crippen LogP contribution in [0.2, 0.25) is 0 Å². The van der Waals surface area contributed by atoms with Crippen LogP contribution in [0.25, 0.3) is 0 Å². The average Bonchev–Trinajstić information content (AvgIpc) is 3.24. The minimum atomic E-state index is -0.696. The van der Waals surface area contributed by atoms with Gasteiger partial charge in [-0.2, -0.15) is 5.10 Å². The second kappa shape index (κ2) is 19.4. The second-order valence-electron chi connectivity index (χ2n) is 12.3. The molecule has 2 N–H and O–H groups in total. The number of nitrogens with one attached hydrogen (secondary N) is 2. The zero-order chi connectivity index (χ0) is 41.8. The fraction of sp³-hybridized carbons (Fsp3) is 0.146. The Balaban J connectivity index is 0.000000458. The molecule has 0 saturated heterocycles. The van der Waals surface area contributed by atoms with Gasteiger partial charge >= 0.3 is 0 Å². The third-order valence-electron chi connectivity index (χ3n) is 8.43. The molecule has 0 aliphatic carbocycles. The Labute approximate surface area is 336 Å². The van der Waals surface area contributed by atoms with E-state index in [4.69, 9.17) is 21.1 Å². The molecule has 1 aliphatic rings. The minimum absolute atomic E-state index is 0.130. The summed E-state index contributed by atoms with van der Waals surface area (Å²) < 4.78 is 11.1. The molecule has 17 heteroatoms. The number of ether oxygens (including phenoxy) is 2. The number of hydrazone groups is 1. The summed E-state index contributed by atoms with van der Waals surface area (Å²) in [5.41, 5.74) is 3.06. The van der Waals surface area contributed by atoms with Crippen LogP contribution in [0, 0.1) is 20.2 Å². The van der Waals surface area contributed by atoms with Gasteiger partial charge in [-0.15, -0.1) is 0 Å². The fourth-order valence-corrected chi connectivity index (χ4v) is 5.73. The van der Waals surface area contributed by atoms with Crippen LogP contribution in [0.4, 0.5) is 22.7 Å². The smallest absolute Gasteiger partial charge is 0.274 e. The first-order valence-corrected chi connectivity index (χ1v) is 18.0. The van der Waals surface area contributed by atoms with Crippen LogP contribution in [-0.2, 0) is 0 Å². The van der Waals surface area contributed by atoms with Crippen LogP contribution >= 0.6 is 11.6 Å². The molecule has 5 aromatic rings. The summed E-state index contributed by atoms with van der Waals surface area (Å²) in [5, 5.41) is 32.1. The summed E-state index contributed by atoms with van der Waals surface area (Å²) in [7, 11) is 1.58. The number of amides is 3. The number of benzene rings is 5. The highest BCUT2D eigenvalue weighted by Gasteiger charge is 2.22. The Kier molecular flexibility index (Phi) is 14.0. The predicted octanol–water partition coefficient (Wildman–Crippen LogP) is 8.12. The van der Waals surface area contributed by atoms with Crippen molar-refractivity contribution in [1.29, 1.82) is 0 Å². The number of nitrogens with zero attached hydrogens (tertiary/aromatic N) is 4. The van der Waals surface area contributed by atoms with Crippen molar-refractivity contribution < 1.29 is 38.5 Å². The molecule has 1 aliphatic heterocycles. The van der Waals surface area contributed by atoms with Crippen LogP contribution < -0.4 is 20.1 Å². The molecule has 0 atom stereocenters. The summed E-state index contributed by atoms with van der Waals surface area (Å²) in [4.78, 5) is 69.6. The van der Waals surface area contributed by atoms with Gasteiger partial charge in [0.15, 0.2) is 11.5 Å². The lowest BCUT2D eigenvalue weighted by molar-refractivity contribution is -0.385. The molecular weight excluding hydrogens is 772 g/mol. The van der Waals surface area contributed by atoms with Gasteiger partial charge in [0.1, 0.15) is 0 Å². The van der Waals surface area contributed by atoms with Gasteiger partial charge in [0.05, 0.1) is 29.3 Å². The Hall–Kier alpha value is -7.46. The SMILES string of the molecule is CCOc1cc(C2=NN(C(=O)c3cccc(NC(=O)c4ccc(NC(=O)c5cccc([N+](=O)[O-])c5)cc4)c3)CCC2)ccc1OC.O=C(Cl)c1cccc([N+](=O)[O-])c1. The maximum absolute atomic E-state index is 13.4. The van der Waals surface area contributed by atoms with Crippen molar-refractivity contribution in [3.8, 4) is 11.5 Å². The van der Waals surface area contributed by atoms with Gasteiger partial charge in [0.2, 0.25) is 0 Å². The highest BCUT2D eigenvalue weighted by Crippen LogP contribution is 2.30. The van der Waals surface area contributed by atoms with E-state index in [-0.39, 0.29) is 28.4 Å². The zero-order valence-electron chi connectivity index (χ0n) is 31.0. The summed E-state index contributed by atoms with van der Waals surface area (Å²) >= 11 is 5.12. The number of methoxy groups -OCH3 is 1. The molecule has 296 valence electrons. The number of nitro benzene ring substituents is 2. The van der Waals surface area contributed by atoms with E-state index in [0.29, 0.717) is 53.6 Å². The lowest BCUT2D eigenvalue weighted by Gasteiger charge is -2.24. The van der Waals surface area contributed by atoms with Crippen molar-refractivity contribution in [2.75, 3.05) is 30.9 Å². The largest absolute Gasteiger partial charge is 0.493 e. The normalized spacial score (nSPS) is 11.8. The van der Waals surface area contributed by atoms with Gasteiger partial charge in [0, 0.05) is 70.0 Å². The number of halogens is 1. The standard InChI is InChI=1S/C34H31N5O7.C7H4ClNO3/c1-3-46-31-21-23(14-17-30(31)45-2)29-11-6-18-38(37-29)34(42)25-8-4-9-27(19-25)36-32(40)22-12-15-26(16-13-22)35-33(41)24-7-5-10-28(20-24)39(43)44;8-7(10)5-2-1-3-6(4-5)9(11)12/h4-5,7-10,12-17,19-21H,3,6,11,18H2,1-2H3,(H,35,41)(H,36,40);1-4H. The zero-order valence-corrected chi connectivity index (χ0v) is 31.8. The number of nitro groups is 2. The molecule has 16 nitrogen and oxygen atoms in total. The minimum Gasteiger partial charge on any atom is -0.493 e. The number of hydrogen-bond acceptors (Lipinski definition) is 11. The Morgan fingerprint density at radius 3 is 1.97 bits per heavy atom. The first-order valence-electron chi connectivity index (χ1n) is 17.6. The van der Waals surface area contributed by atoms with Crippen LogP contribution in [0.5, 0.6) is 11.5 Å². The highest BCUT2D eigenvalue weighted by molar-refractivity contribution is 6.67. The summed E-state index contributed by atoms with van der Waals surface area (Å²) in [6, 6.07) is 29.0. The third-order valence-corrected chi connectivity index (χ3v) is 8.65. The molecular formula is C41H35ClN6O10. The summed E-state index contributed by atoms with van der Waals surface area (Å²) in [5.74, 6) is -0.00172. The van der Waals surface area contributed by atoms with E-state index < -0.39 is 26.9 Å². The van der Waals surface area contributed by atoms with Crippen LogP contribution in [-0.4, -0.2) is 63.8 Å². The highest BCUT2D eigenvalue weighted by atomic mass is 35.5. The fourth-order valence-electron chi connectivity index (χ4n) is 5.61. The van der Waals surface area contributed by atoms with Gasteiger partial charge < -0.3 is 20.1 Å². The molecule has 3 amide bonds. The maximum atomic E-state index is 13.4. The van der Waals surface area contributed by atoms with E-state index in [1.807, 2.05) is 25.1 Å². The Morgan fingerprint density at radius 1 is 0.724 bits per heavy atom. The molecule has 0 radical (unpaired) electrons. The van der Waals surface area contributed by atoms with E-state index in [1.165, 1.54) is 59.6 Å². The van der Waals surface area contributed by atoms with Gasteiger partial charge in [-0.1, -0.05) is 18.2 Å². The maximum Gasteiger partial charge on any atom is 0.274 e. The lowest BCUT2D eigenvalue weighted by atomic mass is 10.0. The topological polar surface area (TPSA) is 213 Å². The lowest BCUT2D eigenvalue weighted by Crippen LogP contribution is -2.32. The number of hydrogen-bond donors (Lipinski definition) is 2. The Morgan fingerprint density at radius 2 is 1.33 bits per heavy atom. The van der Waals surface area contributed by atoms with Crippen molar-refractivity contribution in [2.24, 2.45) is 5.10 Å². The first kappa shape index (κ1) is 41.7. The number of anilines is 2. The van der Waals surface area contributed by atoms with E-state index in [0.717, 1.165) is 23.8 Å². The average molecular weight is 807 g/mol. The van der Waals surface area contributed by atoms with E-state index >= 15 is 0 Å². The van der Waals surface area contributed by atoms with Gasteiger partial charge in [-0.05, 0) is 104 Å². The molecule has 0 spiro atoms. The van der Waals surface area contributed by atoms with Crippen LogP contribution in [0.3, 0.4) is 0 Å². The van der Waals surface area contributed by atoms with E-state index in [9.17, 15) is 39.4 Å². The predicted molar refractivity (Wildman–Crippen MR) is 216 cm³/mol. The van der Waals surface area contributed by atoms with E-state index in [1.54, 1.807) is 43.5 Å². The second-order valence-corrected chi connectivity index (χ2v) is 12.7. The van der Waals surface area contributed by atoms with Crippen LogP contribution in [0.1, 0.15) is 66.8 Å². The summed E-state index contributed by atoms with van der Waals surface area (Å²) in [6.07, 6.45) is 1.44. The van der Waals surface area contributed by atoms with Crippen molar-refractivity contribution in [3.63, 3.8) is 0 Å². The molecule has 1 heterocycles. The van der Waals surface area contributed by atoms with Gasteiger partial charge in [-0.3, -0.25) is 39.4 Å². The first-order chi connectivity index (χ1) is 27.9. The van der Waals surface area contributed by atoms with Crippen molar-refractivity contribution >= 4 is 63.0 Å². The molecule has 0 aromatic heterocycles. The molecule has 5 aromatic carbocycles. The van der Waals surface area contributed by atoms with Gasteiger partial charge in [0.25, 0.3) is 34.3 Å². The number of carbonyl (C=O) groups is 4. The van der Waals surface area contributed by atoms with Crippen molar-refractivity contribution in [3.05, 3.63) is 163 Å². The quantitative estimate of drug-likeness (QED) is 0.0702. The number of carbonyl (C=O) groups excluding carboxylic acids is 4. The van der Waals surface area contributed by atoms with Crippen molar-refractivity contribution in [1.82, 2.24) is 5.01 Å². The molecule has 0 bridgehead atoms. The van der Waals surface area contributed by atoms with Crippen LogP contribution in [0.15, 0.2) is 120 Å². The number of rotatable bonds is 12. The molecule has 58 heavy (non-hydrogen) atoms. The third kappa shape index (κ3) is 10.9. The summed E-state index contributed by atoms with van der Waals surface area (Å²) in [6.45, 7) is 2.83. The Bertz CT molecular complexity index is 2370. The monoisotopic (exact) mass is 806 g/mol. The van der Waals surface area contributed by atoms with Gasteiger partial charge in [-0.25, -0.2) is 5.01 Å². The molecule has 0 unspecified atom stereocenters. The van der Waals surface area contributed by atoms with E-state index in [2.05, 4.69) is 15.7 Å². The molecule has 0 fully saturated rings. The van der Waals surface area contributed by atoms with Crippen molar-refractivity contribution in [2.45, 2.75) is 19.8 Å². The number of non-ortho nitro benzene ring substituents is 2. The molecule has 0 saturated carbocycles. The molecule has 6 rings (SSSR count).